The van der Waals surface area contributed by atoms with Crippen LogP contribution in [0.1, 0.15) is 0 Å². The minimum atomic E-state index is 0. The van der Waals surface area contributed by atoms with Crippen LogP contribution < -0.4 is 12.4 Å². The van der Waals surface area contributed by atoms with E-state index in [1.165, 1.54) is 6.33 Å². The van der Waals surface area contributed by atoms with Crippen LogP contribution in [0.3, 0.4) is 0 Å². The normalized spacial score (nSPS) is 8.36. The molecule has 52 valence electrons. The summed E-state index contributed by atoms with van der Waals surface area (Å²) in [5.74, 6) is 0. The zero-order valence-electron chi connectivity index (χ0n) is 5.74. The molecular weight excluding hydrogens is 174 g/mol. The van der Waals surface area contributed by atoms with E-state index in [9.17, 15) is 0 Å². The fraction of sp³-hybridized carbons (Fsp3) is 0. The Kier molecular flexibility index (Phi) is 4.40. The molecule has 0 radical (unpaired) electrons. The molecule has 0 aliphatic heterocycles. The van der Waals surface area contributed by atoms with Crippen LogP contribution in [0.5, 0.6) is 0 Å². The zero-order chi connectivity index (χ0) is 6.10. The van der Waals surface area contributed by atoms with Crippen molar-refractivity contribution in [3.8, 4) is 0 Å². The van der Waals surface area contributed by atoms with Crippen LogP contribution in [0.15, 0.2) is 24.7 Å². The maximum Gasteiger partial charge on any atom is 2.00 e. The van der Waals surface area contributed by atoms with Gasteiger partial charge in [0, 0.05) is 5.65 Å². The van der Waals surface area contributed by atoms with Gasteiger partial charge in [-0.1, -0.05) is 6.20 Å². The van der Waals surface area contributed by atoms with E-state index in [2.05, 4.69) is 16.1 Å². The zero-order valence-corrected chi connectivity index (χ0v) is 7.91. The molecule has 2 aromatic rings. The van der Waals surface area contributed by atoms with Crippen molar-refractivity contribution in [3.05, 3.63) is 30.7 Å². The summed E-state index contributed by atoms with van der Waals surface area (Å²) in [6.07, 6.45) is 3.32. The Bertz CT molecular complexity index is 292. The molecule has 2 heterocycles. The van der Waals surface area contributed by atoms with Gasteiger partial charge in [-0.05, 0) is 0 Å². The molecule has 11 heavy (non-hydrogen) atoms. The number of hydrogen-bond donors (Lipinski definition) is 0. The van der Waals surface area contributed by atoms with Crippen molar-refractivity contribution < 1.29 is 12.4 Å². The molecule has 0 fully saturated rings. The Morgan fingerprint density at radius 1 is 1.45 bits per heavy atom. The third-order valence-corrected chi connectivity index (χ3v) is 1.13. The monoisotopic (exact) mass is 177 g/mol. The molecular formula is C6H4ClMgN3. The number of hydrogen-bond acceptors (Lipinski definition) is 2. The van der Waals surface area contributed by atoms with Crippen molar-refractivity contribution >= 4 is 28.7 Å². The Labute approximate surface area is 86.4 Å². The summed E-state index contributed by atoms with van der Waals surface area (Å²) in [6, 6.07) is 6.48. The average molecular weight is 178 g/mol. The summed E-state index contributed by atoms with van der Waals surface area (Å²) in [7, 11) is 0. The first-order valence-electron chi connectivity index (χ1n) is 2.62. The van der Waals surface area contributed by atoms with Crippen molar-refractivity contribution in [2.75, 3.05) is 0 Å². The van der Waals surface area contributed by atoms with E-state index in [0.717, 1.165) is 5.65 Å². The maximum absolute atomic E-state index is 3.94. The van der Waals surface area contributed by atoms with Crippen LogP contribution in [0, 0.1) is 6.07 Å². The fourth-order valence-corrected chi connectivity index (χ4v) is 0.713. The molecule has 0 saturated heterocycles. The van der Waals surface area contributed by atoms with Gasteiger partial charge in [-0.2, -0.15) is 17.2 Å². The topological polar surface area (TPSA) is 30.2 Å². The van der Waals surface area contributed by atoms with Gasteiger partial charge in [0.25, 0.3) is 0 Å². The summed E-state index contributed by atoms with van der Waals surface area (Å²) in [4.78, 5) is 3.94. The Morgan fingerprint density at radius 3 is 3.00 bits per heavy atom. The Balaban J connectivity index is 0.000000500. The van der Waals surface area contributed by atoms with E-state index in [1.807, 2.05) is 6.20 Å². The second kappa shape index (κ2) is 4.53. The van der Waals surface area contributed by atoms with Gasteiger partial charge in [-0.3, -0.25) is 4.98 Å². The van der Waals surface area contributed by atoms with Crippen molar-refractivity contribution in [1.82, 2.24) is 14.6 Å². The Hall–Kier alpha value is -0.324. The van der Waals surface area contributed by atoms with Crippen LogP contribution >= 0.6 is 0 Å². The van der Waals surface area contributed by atoms with Crippen molar-refractivity contribution in [1.29, 1.82) is 0 Å². The summed E-state index contributed by atoms with van der Waals surface area (Å²) in [5.41, 5.74) is 0.831. The summed E-state index contributed by atoms with van der Waals surface area (Å²) >= 11 is 0. The molecule has 0 unspecified atom stereocenters. The molecule has 0 aliphatic carbocycles. The number of nitrogens with zero attached hydrogens (tertiary/aromatic N) is 3. The van der Waals surface area contributed by atoms with Crippen LogP contribution in [-0.4, -0.2) is 37.7 Å². The fourth-order valence-electron chi connectivity index (χ4n) is 0.713. The van der Waals surface area contributed by atoms with Gasteiger partial charge < -0.3 is 16.9 Å². The van der Waals surface area contributed by atoms with Crippen LogP contribution in [0.4, 0.5) is 0 Å². The average Bonchev–Trinajstić information content (AvgIpc) is 2.33. The number of aromatic nitrogens is 3. The number of fused-ring (bicyclic) bond motifs is 1. The number of halogens is 1. The van der Waals surface area contributed by atoms with E-state index in [-0.39, 0.29) is 35.5 Å². The van der Waals surface area contributed by atoms with Crippen molar-refractivity contribution in [3.63, 3.8) is 0 Å². The second-order valence-corrected chi connectivity index (χ2v) is 1.69. The Morgan fingerprint density at radius 2 is 2.27 bits per heavy atom. The predicted molar refractivity (Wildman–Crippen MR) is 37.6 cm³/mol. The molecule has 2 aromatic heterocycles. The molecule has 0 aliphatic rings. The molecule has 0 aromatic carbocycles. The number of rotatable bonds is 0. The predicted octanol–water partition coefficient (Wildman–Crippen LogP) is -2.85. The molecule has 0 amide bonds. The van der Waals surface area contributed by atoms with Crippen LogP contribution in [0.25, 0.3) is 5.65 Å². The minimum absolute atomic E-state index is 0. The summed E-state index contributed by atoms with van der Waals surface area (Å²) in [6.45, 7) is 0. The van der Waals surface area contributed by atoms with Crippen molar-refractivity contribution in [2.24, 2.45) is 0 Å². The molecule has 0 atom stereocenters. The third-order valence-electron chi connectivity index (χ3n) is 1.13. The molecule has 0 saturated carbocycles. The molecule has 3 nitrogen and oxygen atoms in total. The quantitative estimate of drug-likeness (QED) is 0.321. The van der Waals surface area contributed by atoms with Crippen LogP contribution in [0.2, 0.25) is 0 Å². The molecule has 0 bridgehead atoms. The SMILES string of the molecule is [Cl-].[Mg+2].[c-]1ccn2ncnc2c1. The van der Waals surface area contributed by atoms with Gasteiger partial charge in [0.2, 0.25) is 0 Å². The first-order chi connectivity index (χ1) is 4.47. The van der Waals surface area contributed by atoms with Gasteiger partial charge in [0.1, 0.15) is 6.33 Å². The second-order valence-electron chi connectivity index (χ2n) is 1.69. The summed E-state index contributed by atoms with van der Waals surface area (Å²) < 4.78 is 1.69. The van der Waals surface area contributed by atoms with E-state index >= 15 is 0 Å². The molecule has 0 N–H and O–H groups in total. The van der Waals surface area contributed by atoms with E-state index in [1.54, 1.807) is 16.6 Å². The summed E-state index contributed by atoms with van der Waals surface area (Å²) in [5, 5.41) is 3.90. The van der Waals surface area contributed by atoms with E-state index in [0.29, 0.717) is 0 Å². The van der Waals surface area contributed by atoms with Gasteiger partial charge in [-0.15, -0.1) is 6.07 Å². The van der Waals surface area contributed by atoms with Gasteiger partial charge in [0.15, 0.2) is 0 Å². The maximum atomic E-state index is 3.94. The van der Waals surface area contributed by atoms with E-state index in [4.69, 9.17) is 0 Å². The van der Waals surface area contributed by atoms with Crippen molar-refractivity contribution in [2.45, 2.75) is 0 Å². The first-order valence-corrected chi connectivity index (χ1v) is 2.62. The minimum Gasteiger partial charge on any atom is -1.00 e. The largest absolute Gasteiger partial charge is 2.00 e. The van der Waals surface area contributed by atoms with Gasteiger partial charge >= 0.3 is 23.1 Å². The third kappa shape index (κ3) is 2.05. The molecule has 5 heteroatoms. The molecule has 0 spiro atoms. The van der Waals surface area contributed by atoms with Gasteiger partial charge in [0.05, 0.1) is 0 Å². The number of pyridine rings is 1. The smallest absolute Gasteiger partial charge is 1.00 e. The van der Waals surface area contributed by atoms with E-state index < -0.39 is 0 Å². The van der Waals surface area contributed by atoms with Gasteiger partial charge in [-0.25, -0.2) is 0 Å². The first kappa shape index (κ1) is 10.7. The standard InChI is InChI=1S/C6H4N3.ClH.Mg/c1-2-4-9-6(3-1)7-5-8-9;;/h2-5H;1H;/q-1;;+2/p-1. The molecule has 2 rings (SSSR count). The van der Waals surface area contributed by atoms with Crippen LogP contribution in [-0.2, 0) is 0 Å².